The van der Waals surface area contributed by atoms with Gasteiger partial charge in [0, 0.05) is 5.56 Å². The molecule has 1 fully saturated rings. The number of carbonyl (C=O) groups is 2. The van der Waals surface area contributed by atoms with Gasteiger partial charge in [-0.1, -0.05) is 0 Å². The number of carboxylic acid groups (broad SMARTS) is 1. The number of ether oxygens (including phenoxy) is 2. The molecule has 0 aromatic heterocycles. The average molecular weight is 337 g/mol. The predicted molar refractivity (Wildman–Crippen MR) is 86.5 cm³/mol. The molecule has 0 bridgehead atoms. The fraction of sp³-hybridized carbons (Fsp3) is 0.529. The quantitative estimate of drug-likeness (QED) is 0.698. The molecule has 1 atom stereocenters. The molecule has 7 nitrogen and oxygen atoms in total. The molecular weight excluding hydrogens is 314 g/mol. The van der Waals surface area contributed by atoms with Gasteiger partial charge in [-0.2, -0.15) is 0 Å². The molecular formula is C17H23NO6. The van der Waals surface area contributed by atoms with Gasteiger partial charge in [0.2, 0.25) is 0 Å². The van der Waals surface area contributed by atoms with Gasteiger partial charge < -0.3 is 25.0 Å². The number of hydrogen-bond donors (Lipinski definition) is 3. The van der Waals surface area contributed by atoms with E-state index in [9.17, 15) is 14.7 Å². The lowest BCUT2D eigenvalue weighted by Crippen LogP contribution is -2.46. The van der Waals surface area contributed by atoms with E-state index in [-0.39, 0.29) is 6.10 Å². The van der Waals surface area contributed by atoms with Crippen molar-refractivity contribution in [3.63, 3.8) is 0 Å². The minimum absolute atomic E-state index is 0.116. The van der Waals surface area contributed by atoms with E-state index >= 15 is 0 Å². The van der Waals surface area contributed by atoms with Crippen LogP contribution in [0.2, 0.25) is 0 Å². The highest BCUT2D eigenvalue weighted by molar-refractivity contribution is 5.95. The molecule has 1 saturated carbocycles. The number of benzene rings is 1. The third-order valence-electron chi connectivity index (χ3n) is 4.08. The highest BCUT2D eigenvalue weighted by Crippen LogP contribution is 2.32. The van der Waals surface area contributed by atoms with E-state index in [0.717, 1.165) is 32.6 Å². The van der Waals surface area contributed by atoms with Crippen molar-refractivity contribution in [2.75, 3.05) is 13.7 Å². The Balaban J connectivity index is 2.09. The van der Waals surface area contributed by atoms with E-state index in [1.807, 2.05) is 0 Å². The summed E-state index contributed by atoms with van der Waals surface area (Å²) < 4.78 is 11.2. The number of carbonyl (C=O) groups excluding carboxylic acids is 1. The Bertz CT molecular complexity index is 607. The van der Waals surface area contributed by atoms with E-state index in [1.54, 1.807) is 18.2 Å². The van der Waals surface area contributed by atoms with Gasteiger partial charge in [0.25, 0.3) is 5.91 Å². The molecule has 7 heteroatoms. The maximum Gasteiger partial charge on any atom is 0.337 e. The zero-order valence-corrected chi connectivity index (χ0v) is 13.9. The Hall–Kier alpha value is -2.28. The number of methoxy groups -OCH3 is 1. The van der Waals surface area contributed by atoms with E-state index in [4.69, 9.17) is 14.6 Å². The van der Waals surface area contributed by atoms with Gasteiger partial charge in [-0.25, -0.2) is 4.79 Å². The standard InChI is InChI=1S/C17H23NO6/c1-17(22,16(20)21)10-18-15(19)11-7-8-13(23-2)14(9-11)24-12-5-3-4-6-12/h7-9,12,22H,3-6,10H2,1-2H3,(H,18,19)(H,20,21). The van der Waals surface area contributed by atoms with Crippen molar-refractivity contribution in [3.05, 3.63) is 23.8 Å². The maximum absolute atomic E-state index is 12.2. The summed E-state index contributed by atoms with van der Waals surface area (Å²) in [5.41, 5.74) is -1.71. The second kappa shape index (κ2) is 7.53. The Morgan fingerprint density at radius 1 is 1.29 bits per heavy atom. The van der Waals surface area contributed by atoms with Crippen LogP contribution in [0.5, 0.6) is 11.5 Å². The smallest absolute Gasteiger partial charge is 0.337 e. The van der Waals surface area contributed by atoms with Gasteiger partial charge in [-0.05, 0) is 50.8 Å². The maximum atomic E-state index is 12.2. The van der Waals surface area contributed by atoms with E-state index in [1.165, 1.54) is 7.11 Å². The van der Waals surface area contributed by atoms with Crippen LogP contribution in [0, 0.1) is 0 Å². The van der Waals surface area contributed by atoms with Crippen LogP contribution in [0.15, 0.2) is 18.2 Å². The predicted octanol–water partition coefficient (Wildman–Crippen LogP) is 1.58. The van der Waals surface area contributed by atoms with Gasteiger partial charge in [0.15, 0.2) is 17.1 Å². The molecule has 0 radical (unpaired) electrons. The zero-order chi connectivity index (χ0) is 17.7. The normalized spacial score (nSPS) is 17.1. The number of aliphatic carboxylic acids is 1. The molecule has 3 N–H and O–H groups in total. The van der Waals surface area contributed by atoms with Gasteiger partial charge in [-0.15, -0.1) is 0 Å². The van der Waals surface area contributed by atoms with Crippen molar-refractivity contribution in [1.82, 2.24) is 5.32 Å². The molecule has 2 rings (SSSR count). The summed E-state index contributed by atoms with van der Waals surface area (Å²) in [5, 5.41) is 20.9. The highest BCUT2D eigenvalue weighted by Gasteiger charge is 2.30. The van der Waals surface area contributed by atoms with Crippen LogP contribution in [-0.2, 0) is 4.79 Å². The number of aliphatic hydroxyl groups is 1. The van der Waals surface area contributed by atoms with E-state index in [2.05, 4.69) is 5.32 Å². The minimum atomic E-state index is -2.02. The fourth-order valence-electron chi connectivity index (χ4n) is 2.53. The first-order chi connectivity index (χ1) is 11.3. The second-order valence-electron chi connectivity index (χ2n) is 6.15. The molecule has 132 valence electrons. The summed E-state index contributed by atoms with van der Waals surface area (Å²) >= 11 is 0. The minimum Gasteiger partial charge on any atom is -0.493 e. The fourth-order valence-corrected chi connectivity index (χ4v) is 2.53. The number of carboxylic acids is 1. The van der Waals surface area contributed by atoms with Crippen LogP contribution in [0.25, 0.3) is 0 Å². The molecule has 1 aromatic rings. The van der Waals surface area contributed by atoms with E-state index in [0.29, 0.717) is 17.1 Å². The molecule has 0 heterocycles. The molecule has 1 aliphatic carbocycles. The number of rotatable bonds is 7. The Morgan fingerprint density at radius 3 is 2.54 bits per heavy atom. The van der Waals surface area contributed by atoms with Gasteiger partial charge >= 0.3 is 5.97 Å². The molecule has 24 heavy (non-hydrogen) atoms. The summed E-state index contributed by atoms with van der Waals surface area (Å²) in [6.45, 7) is 0.726. The third-order valence-corrected chi connectivity index (χ3v) is 4.08. The number of nitrogens with one attached hydrogen (secondary N) is 1. The summed E-state index contributed by atoms with van der Waals surface area (Å²) in [5.74, 6) is -0.865. The Kier molecular flexibility index (Phi) is 5.66. The van der Waals surface area contributed by atoms with Crippen LogP contribution < -0.4 is 14.8 Å². The summed E-state index contributed by atoms with van der Waals surface area (Å²) in [6.07, 6.45) is 4.31. The van der Waals surface area contributed by atoms with Crippen molar-refractivity contribution in [2.24, 2.45) is 0 Å². The molecule has 1 unspecified atom stereocenters. The first kappa shape index (κ1) is 18.1. The van der Waals surface area contributed by atoms with Crippen molar-refractivity contribution < 1.29 is 29.3 Å². The molecule has 1 aliphatic rings. The second-order valence-corrected chi connectivity index (χ2v) is 6.15. The first-order valence-corrected chi connectivity index (χ1v) is 7.92. The Morgan fingerprint density at radius 2 is 1.96 bits per heavy atom. The average Bonchev–Trinajstić information content (AvgIpc) is 3.05. The zero-order valence-electron chi connectivity index (χ0n) is 13.9. The lowest BCUT2D eigenvalue weighted by atomic mass is 10.1. The highest BCUT2D eigenvalue weighted by atomic mass is 16.5. The molecule has 1 aromatic carbocycles. The largest absolute Gasteiger partial charge is 0.493 e. The Labute approximate surface area is 140 Å². The monoisotopic (exact) mass is 337 g/mol. The van der Waals surface area contributed by atoms with Crippen molar-refractivity contribution in [1.29, 1.82) is 0 Å². The summed E-state index contributed by atoms with van der Waals surface area (Å²) in [6, 6.07) is 4.77. The first-order valence-electron chi connectivity index (χ1n) is 7.92. The summed E-state index contributed by atoms with van der Waals surface area (Å²) in [7, 11) is 1.53. The lowest BCUT2D eigenvalue weighted by Gasteiger charge is -2.19. The molecule has 1 amide bonds. The van der Waals surface area contributed by atoms with Crippen LogP contribution in [0.3, 0.4) is 0 Å². The summed E-state index contributed by atoms with van der Waals surface area (Å²) in [4.78, 5) is 23.1. The van der Waals surface area contributed by atoms with Gasteiger partial charge in [0.1, 0.15) is 0 Å². The van der Waals surface area contributed by atoms with Gasteiger partial charge in [-0.3, -0.25) is 4.79 Å². The van der Waals surface area contributed by atoms with Gasteiger partial charge in [0.05, 0.1) is 19.8 Å². The topological polar surface area (TPSA) is 105 Å². The van der Waals surface area contributed by atoms with E-state index < -0.39 is 24.0 Å². The molecule has 0 aliphatic heterocycles. The van der Waals surface area contributed by atoms with Crippen LogP contribution >= 0.6 is 0 Å². The number of hydrogen-bond acceptors (Lipinski definition) is 5. The lowest BCUT2D eigenvalue weighted by molar-refractivity contribution is -0.155. The van der Waals surface area contributed by atoms with Crippen LogP contribution in [0.4, 0.5) is 0 Å². The third kappa shape index (κ3) is 4.38. The molecule has 0 spiro atoms. The van der Waals surface area contributed by atoms with Crippen molar-refractivity contribution >= 4 is 11.9 Å². The van der Waals surface area contributed by atoms with Crippen molar-refractivity contribution in [2.45, 2.75) is 44.3 Å². The van der Waals surface area contributed by atoms with Crippen molar-refractivity contribution in [3.8, 4) is 11.5 Å². The van der Waals surface area contributed by atoms with Crippen LogP contribution in [0.1, 0.15) is 43.0 Å². The van der Waals surface area contributed by atoms with Crippen LogP contribution in [-0.4, -0.2) is 47.4 Å². The number of amides is 1. The SMILES string of the molecule is COc1ccc(C(=O)NCC(C)(O)C(=O)O)cc1OC1CCCC1. The molecule has 0 saturated heterocycles.